The van der Waals surface area contributed by atoms with E-state index < -0.39 is 0 Å². The molecule has 0 aromatic heterocycles. The maximum Gasteiger partial charge on any atom is 0.124 e. The summed E-state index contributed by atoms with van der Waals surface area (Å²) in [5.41, 5.74) is 1.48. The van der Waals surface area contributed by atoms with Gasteiger partial charge in [0.25, 0.3) is 0 Å². The van der Waals surface area contributed by atoms with E-state index >= 15 is 0 Å². The average molecular weight is 263 g/mol. The van der Waals surface area contributed by atoms with Gasteiger partial charge < -0.3 is 9.84 Å². The number of aliphatic hydroxyl groups is 1. The monoisotopic (exact) mass is 263 g/mol. The van der Waals surface area contributed by atoms with Gasteiger partial charge in [-0.15, -0.1) is 0 Å². The molecule has 1 saturated heterocycles. The van der Waals surface area contributed by atoms with Gasteiger partial charge in [0.2, 0.25) is 0 Å². The Morgan fingerprint density at radius 1 is 1.47 bits per heavy atom. The van der Waals surface area contributed by atoms with Crippen molar-refractivity contribution in [1.29, 1.82) is 0 Å². The summed E-state index contributed by atoms with van der Waals surface area (Å²) < 4.78 is 18.9. The van der Waals surface area contributed by atoms with Gasteiger partial charge in [0.1, 0.15) is 12.4 Å². The first kappa shape index (κ1) is 14.0. The Balaban J connectivity index is 2.08. The SMILES string of the molecule is CN(Cc1cc(F)cc(C#CCO)c1)C1CCOC1. The molecule has 0 amide bonds. The van der Waals surface area contributed by atoms with Crippen molar-refractivity contribution in [1.82, 2.24) is 4.90 Å². The maximum atomic E-state index is 13.5. The topological polar surface area (TPSA) is 32.7 Å². The maximum absolute atomic E-state index is 13.5. The van der Waals surface area contributed by atoms with E-state index in [2.05, 4.69) is 16.7 Å². The van der Waals surface area contributed by atoms with Crippen LogP contribution in [0.25, 0.3) is 0 Å². The molecule has 0 spiro atoms. The van der Waals surface area contributed by atoms with Crippen LogP contribution in [0.3, 0.4) is 0 Å². The lowest BCUT2D eigenvalue weighted by Gasteiger charge is -2.22. The number of rotatable bonds is 3. The fourth-order valence-electron chi connectivity index (χ4n) is 2.24. The lowest BCUT2D eigenvalue weighted by atomic mass is 10.1. The first-order valence-corrected chi connectivity index (χ1v) is 6.36. The molecule has 1 aromatic rings. The minimum atomic E-state index is -0.296. The van der Waals surface area contributed by atoms with Crippen LogP contribution >= 0.6 is 0 Å². The first-order chi connectivity index (χ1) is 9.19. The van der Waals surface area contributed by atoms with E-state index in [1.807, 2.05) is 13.1 Å². The van der Waals surface area contributed by atoms with Crippen LogP contribution in [-0.2, 0) is 11.3 Å². The molecular formula is C15H18FNO2. The number of hydrogen-bond donors (Lipinski definition) is 1. The normalized spacial score (nSPS) is 18.4. The van der Waals surface area contributed by atoms with Gasteiger partial charge in [-0.3, -0.25) is 4.90 Å². The Bertz CT molecular complexity index is 487. The van der Waals surface area contributed by atoms with Crippen LogP contribution in [0, 0.1) is 17.7 Å². The van der Waals surface area contributed by atoms with Crippen LogP contribution < -0.4 is 0 Å². The fraction of sp³-hybridized carbons (Fsp3) is 0.467. The van der Waals surface area contributed by atoms with Crippen LogP contribution in [0.15, 0.2) is 18.2 Å². The lowest BCUT2D eigenvalue weighted by molar-refractivity contribution is 0.156. The predicted octanol–water partition coefficient (Wildman–Crippen LogP) is 1.39. The van der Waals surface area contributed by atoms with E-state index in [1.165, 1.54) is 12.1 Å². The Hall–Kier alpha value is -1.41. The highest BCUT2D eigenvalue weighted by molar-refractivity contribution is 5.37. The molecule has 0 aliphatic carbocycles. The van der Waals surface area contributed by atoms with Crippen molar-refractivity contribution in [3.8, 4) is 11.8 Å². The third-order valence-electron chi connectivity index (χ3n) is 3.23. The summed E-state index contributed by atoms with van der Waals surface area (Å²) in [5, 5.41) is 8.67. The quantitative estimate of drug-likeness (QED) is 0.837. The average Bonchev–Trinajstić information content (AvgIpc) is 2.89. The van der Waals surface area contributed by atoms with Crippen molar-refractivity contribution in [2.75, 3.05) is 26.9 Å². The first-order valence-electron chi connectivity index (χ1n) is 6.36. The van der Waals surface area contributed by atoms with Gasteiger partial charge in [-0.2, -0.15) is 0 Å². The van der Waals surface area contributed by atoms with E-state index in [0.29, 0.717) is 18.2 Å². The Morgan fingerprint density at radius 2 is 2.32 bits per heavy atom. The zero-order valence-corrected chi connectivity index (χ0v) is 11.0. The number of benzene rings is 1. The summed E-state index contributed by atoms with van der Waals surface area (Å²) in [5.74, 6) is 4.97. The fourth-order valence-corrected chi connectivity index (χ4v) is 2.24. The highest BCUT2D eigenvalue weighted by Gasteiger charge is 2.20. The zero-order valence-electron chi connectivity index (χ0n) is 11.0. The van der Waals surface area contributed by atoms with Crippen LogP contribution in [0.4, 0.5) is 4.39 Å². The Kier molecular flexibility index (Phi) is 4.92. The van der Waals surface area contributed by atoms with Crippen LogP contribution in [0.5, 0.6) is 0 Å². The molecule has 3 nitrogen and oxygen atoms in total. The number of nitrogens with zero attached hydrogens (tertiary/aromatic N) is 1. The minimum absolute atomic E-state index is 0.217. The molecule has 1 N–H and O–H groups in total. The summed E-state index contributed by atoms with van der Waals surface area (Å²) in [6.07, 6.45) is 1.02. The van der Waals surface area contributed by atoms with Gasteiger partial charge in [-0.1, -0.05) is 11.8 Å². The van der Waals surface area contributed by atoms with Gasteiger partial charge in [0, 0.05) is 24.8 Å². The summed E-state index contributed by atoms with van der Waals surface area (Å²) in [6.45, 7) is 1.99. The van der Waals surface area contributed by atoms with E-state index in [0.717, 1.165) is 25.2 Å². The standard InChI is InChI=1S/C15H18FNO2/c1-17(15-4-6-19-11-15)10-13-7-12(3-2-5-18)8-14(16)9-13/h7-9,15,18H,4-6,10-11H2,1H3. The molecule has 1 aliphatic heterocycles. The molecule has 102 valence electrons. The van der Waals surface area contributed by atoms with E-state index in [4.69, 9.17) is 9.84 Å². The number of hydrogen-bond acceptors (Lipinski definition) is 3. The Labute approximate surface area is 113 Å². The molecule has 2 rings (SSSR count). The molecule has 0 bridgehead atoms. The van der Waals surface area contributed by atoms with Gasteiger partial charge in [0.15, 0.2) is 0 Å². The smallest absolute Gasteiger partial charge is 0.124 e. The molecule has 0 radical (unpaired) electrons. The molecule has 19 heavy (non-hydrogen) atoms. The van der Waals surface area contributed by atoms with Crippen molar-refractivity contribution >= 4 is 0 Å². The molecular weight excluding hydrogens is 245 g/mol. The molecule has 1 aromatic carbocycles. The third-order valence-corrected chi connectivity index (χ3v) is 3.23. The molecule has 1 aliphatic rings. The summed E-state index contributed by atoms with van der Waals surface area (Å²) in [6, 6.07) is 5.16. The van der Waals surface area contributed by atoms with Crippen molar-refractivity contribution in [2.24, 2.45) is 0 Å². The van der Waals surface area contributed by atoms with Crippen molar-refractivity contribution in [2.45, 2.75) is 19.0 Å². The van der Waals surface area contributed by atoms with Crippen molar-refractivity contribution in [3.63, 3.8) is 0 Å². The van der Waals surface area contributed by atoms with Gasteiger partial charge >= 0.3 is 0 Å². The van der Waals surface area contributed by atoms with Crippen LogP contribution in [0.2, 0.25) is 0 Å². The molecule has 1 atom stereocenters. The van der Waals surface area contributed by atoms with Gasteiger partial charge in [-0.25, -0.2) is 4.39 Å². The molecule has 4 heteroatoms. The van der Waals surface area contributed by atoms with Crippen LogP contribution in [-0.4, -0.2) is 42.9 Å². The second-order valence-electron chi connectivity index (χ2n) is 4.74. The van der Waals surface area contributed by atoms with E-state index in [1.54, 1.807) is 0 Å². The predicted molar refractivity (Wildman–Crippen MR) is 71.1 cm³/mol. The second-order valence-corrected chi connectivity index (χ2v) is 4.74. The third kappa shape index (κ3) is 4.03. The largest absolute Gasteiger partial charge is 0.384 e. The molecule has 1 unspecified atom stereocenters. The van der Waals surface area contributed by atoms with Crippen molar-refractivity contribution < 1.29 is 14.2 Å². The van der Waals surface area contributed by atoms with E-state index in [9.17, 15) is 4.39 Å². The number of ether oxygens (including phenoxy) is 1. The number of likely N-dealkylation sites (N-methyl/N-ethyl adjacent to an activating group) is 1. The number of aliphatic hydroxyl groups excluding tert-OH is 1. The second kappa shape index (κ2) is 6.67. The highest BCUT2D eigenvalue weighted by Crippen LogP contribution is 2.16. The summed E-state index contributed by atoms with van der Waals surface area (Å²) in [4.78, 5) is 2.17. The van der Waals surface area contributed by atoms with Gasteiger partial charge in [0.05, 0.1) is 6.61 Å². The zero-order chi connectivity index (χ0) is 13.7. The number of halogens is 1. The summed E-state index contributed by atoms with van der Waals surface area (Å²) in [7, 11) is 2.02. The minimum Gasteiger partial charge on any atom is -0.384 e. The Morgan fingerprint density at radius 3 is 3.00 bits per heavy atom. The highest BCUT2D eigenvalue weighted by atomic mass is 19.1. The lowest BCUT2D eigenvalue weighted by Crippen LogP contribution is -2.31. The summed E-state index contributed by atoms with van der Waals surface area (Å²) >= 11 is 0. The molecule has 1 fully saturated rings. The van der Waals surface area contributed by atoms with Crippen molar-refractivity contribution in [3.05, 3.63) is 35.1 Å². The van der Waals surface area contributed by atoms with Crippen LogP contribution in [0.1, 0.15) is 17.5 Å². The molecule has 0 saturated carbocycles. The molecule has 1 heterocycles. The van der Waals surface area contributed by atoms with E-state index in [-0.39, 0.29) is 12.4 Å². The van der Waals surface area contributed by atoms with Gasteiger partial charge in [-0.05, 0) is 37.2 Å².